The van der Waals surface area contributed by atoms with E-state index in [1.54, 1.807) is 24.3 Å². The summed E-state index contributed by atoms with van der Waals surface area (Å²) < 4.78 is 27.7. The van der Waals surface area contributed by atoms with Crippen molar-refractivity contribution >= 4 is 15.9 Å². The molecule has 0 spiro atoms. The predicted octanol–water partition coefficient (Wildman–Crippen LogP) is 0.592. The van der Waals surface area contributed by atoms with Crippen LogP contribution in [0.1, 0.15) is 18.4 Å². The van der Waals surface area contributed by atoms with Gasteiger partial charge in [0.05, 0.1) is 6.10 Å². The van der Waals surface area contributed by atoms with Crippen molar-refractivity contribution < 1.29 is 13.5 Å². The summed E-state index contributed by atoms with van der Waals surface area (Å²) in [5.41, 5.74) is 0.645. The van der Waals surface area contributed by atoms with Crippen molar-refractivity contribution in [2.24, 2.45) is 4.40 Å². The molecule has 2 aliphatic rings. The Morgan fingerprint density at radius 2 is 2.11 bits per heavy atom. The monoisotopic (exact) mass is 266 g/mol. The molecule has 0 aliphatic carbocycles. The number of hydrogen-bond donors (Lipinski definition) is 1. The van der Waals surface area contributed by atoms with Crippen LogP contribution in [0, 0.1) is 0 Å². The third-order valence-electron chi connectivity index (χ3n) is 3.31. The van der Waals surface area contributed by atoms with Crippen LogP contribution in [0.4, 0.5) is 0 Å². The van der Waals surface area contributed by atoms with Crippen LogP contribution in [0.5, 0.6) is 0 Å². The Kier molecular flexibility index (Phi) is 2.64. The van der Waals surface area contributed by atoms with Crippen LogP contribution in [0.25, 0.3) is 0 Å². The summed E-state index contributed by atoms with van der Waals surface area (Å²) in [6, 6.07) is 6.83. The van der Waals surface area contributed by atoms with Crippen molar-refractivity contribution in [1.82, 2.24) is 4.90 Å². The van der Waals surface area contributed by atoms with Crippen molar-refractivity contribution in [3.63, 3.8) is 0 Å². The van der Waals surface area contributed by atoms with Gasteiger partial charge in [-0.3, -0.25) is 0 Å². The van der Waals surface area contributed by atoms with Crippen molar-refractivity contribution in [3.05, 3.63) is 29.8 Å². The zero-order chi connectivity index (χ0) is 12.8. The molecular formula is C12H14N2O3S. The summed E-state index contributed by atoms with van der Waals surface area (Å²) in [4.78, 5) is 2.12. The van der Waals surface area contributed by atoms with E-state index in [2.05, 4.69) is 4.40 Å². The quantitative estimate of drug-likeness (QED) is 0.746. The van der Waals surface area contributed by atoms with E-state index >= 15 is 0 Å². The van der Waals surface area contributed by atoms with Gasteiger partial charge in [0.15, 0.2) is 5.84 Å². The first-order valence-electron chi connectivity index (χ1n) is 5.95. The average Bonchev–Trinajstić information content (AvgIpc) is 2.63. The molecule has 1 aromatic rings. The Bertz CT molecular complexity index is 610. The third-order valence-corrected chi connectivity index (χ3v) is 4.63. The highest BCUT2D eigenvalue weighted by Gasteiger charge is 2.33. The number of amidine groups is 1. The lowest BCUT2D eigenvalue weighted by molar-refractivity contribution is 0.103. The zero-order valence-electron chi connectivity index (χ0n) is 9.78. The van der Waals surface area contributed by atoms with E-state index in [1.165, 1.54) is 0 Å². The number of hydrogen-bond acceptors (Lipinski definition) is 4. The van der Waals surface area contributed by atoms with Crippen LogP contribution in [-0.4, -0.2) is 43.5 Å². The fourth-order valence-electron chi connectivity index (χ4n) is 2.46. The van der Waals surface area contributed by atoms with Gasteiger partial charge in [-0.25, -0.2) is 0 Å². The molecule has 1 aromatic carbocycles. The zero-order valence-corrected chi connectivity index (χ0v) is 10.6. The van der Waals surface area contributed by atoms with Gasteiger partial charge >= 0.3 is 0 Å². The van der Waals surface area contributed by atoms with E-state index in [9.17, 15) is 13.5 Å². The number of aliphatic hydroxyl groups excluding tert-OH is 1. The number of piperidine rings is 1. The van der Waals surface area contributed by atoms with Gasteiger partial charge in [-0.05, 0) is 25.0 Å². The molecule has 0 amide bonds. The molecular weight excluding hydrogens is 252 g/mol. The third kappa shape index (κ3) is 1.81. The Labute approximate surface area is 106 Å². The van der Waals surface area contributed by atoms with Gasteiger partial charge in [-0.15, -0.1) is 4.40 Å². The molecule has 2 heterocycles. The second kappa shape index (κ2) is 4.07. The summed E-state index contributed by atoms with van der Waals surface area (Å²) in [5.74, 6) is 0.476. The van der Waals surface area contributed by atoms with Crippen LogP contribution >= 0.6 is 0 Å². The molecule has 0 radical (unpaired) electrons. The normalized spacial score (nSPS) is 25.7. The second-order valence-electron chi connectivity index (χ2n) is 4.63. The number of likely N-dealkylation sites (tertiary alicyclic amines) is 1. The number of fused-ring (bicyclic) bond motifs is 1. The molecule has 1 N–H and O–H groups in total. The van der Waals surface area contributed by atoms with Crippen LogP contribution < -0.4 is 0 Å². The Hall–Kier alpha value is -1.40. The van der Waals surface area contributed by atoms with Crippen LogP contribution in [0.3, 0.4) is 0 Å². The summed E-state index contributed by atoms with van der Waals surface area (Å²) in [6.45, 7) is 1.18. The molecule has 0 saturated carbocycles. The van der Waals surface area contributed by atoms with Gasteiger partial charge in [-0.2, -0.15) is 8.42 Å². The van der Waals surface area contributed by atoms with E-state index < -0.39 is 16.1 Å². The van der Waals surface area contributed by atoms with Gasteiger partial charge in [-0.1, -0.05) is 12.1 Å². The summed E-state index contributed by atoms with van der Waals surface area (Å²) in [5, 5.41) is 9.67. The topological polar surface area (TPSA) is 70.0 Å². The lowest BCUT2D eigenvalue weighted by Gasteiger charge is -2.31. The van der Waals surface area contributed by atoms with Crippen LogP contribution in [0.15, 0.2) is 33.6 Å². The van der Waals surface area contributed by atoms with Gasteiger partial charge < -0.3 is 10.0 Å². The predicted molar refractivity (Wildman–Crippen MR) is 67.0 cm³/mol. The van der Waals surface area contributed by atoms with Gasteiger partial charge in [0, 0.05) is 18.7 Å². The van der Waals surface area contributed by atoms with Crippen LogP contribution in [-0.2, 0) is 10.0 Å². The van der Waals surface area contributed by atoms with E-state index in [0.717, 1.165) is 19.4 Å². The summed E-state index contributed by atoms with van der Waals surface area (Å²) in [7, 11) is -3.56. The van der Waals surface area contributed by atoms with Crippen molar-refractivity contribution in [3.8, 4) is 0 Å². The smallest absolute Gasteiger partial charge is 0.285 e. The highest BCUT2D eigenvalue weighted by Crippen LogP contribution is 2.28. The maximum atomic E-state index is 11.9. The first-order chi connectivity index (χ1) is 8.58. The molecule has 1 unspecified atom stereocenters. The number of rotatable bonds is 0. The first-order valence-corrected chi connectivity index (χ1v) is 7.39. The van der Waals surface area contributed by atoms with E-state index in [0.29, 0.717) is 17.9 Å². The molecule has 6 heteroatoms. The molecule has 18 heavy (non-hydrogen) atoms. The SMILES string of the molecule is O=S1(=O)N=C(N2CCCC(O)C2)c2ccccc21. The maximum Gasteiger partial charge on any atom is 0.285 e. The minimum absolute atomic E-state index is 0.264. The fourth-order valence-corrected chi connectivity index (χ4v) is 3.69. The number of sulfonamides is 1. The van der Waals surface area contributed by atoms with E-state index in [-0.39, 0.29) is 4.90 Å². The fraction of sp³-hybridized carbons (Fsp3) is 0.417. The highest BCUT2D eigenvalue weighted by molar-refractivity contribution is 7.90. The number of β-amino-alcohol motifs (C(OH)–C–C–N with tert-alkyl or cyclic N) is 1. The second-order valence-corrected chi connectivity index (χ2v) is 6.20. The molecule has 3 rings (SSSR count). The van der Waals surface area contributed by atoms with Gasteiger partial charge in [0.2, 0.25) is 0 Å². The largest absolute Gasteiger partial charge is 0.391 e. The number of nitrogens with zero attached hydrogens (tertiary/aromatic N) is 2. The average molecular weight is 266 g/mol. The molecule has 96 valence electrons. The molecule has 0 aromatic heterocycles. The summed E-state index contributed by atoms with van der Waals surface area (Å²) >= 11 is 0. The highest BCUT2D eigenvalue weighted by atomic mass is 32.2. The molecule has 1 saturated heterocycles. The van der Waals surface area contributed by atoms with Crippen LogP contribution in [0.2, 0.25) is 0 Å². The first kappa shape index (κ1) is 11.7. The van der Waals surface area contributed by atoms with Crippen molar-refractivity contribution in [1.29, 1.82) is 0 Å². The van der Waals surface area contributed by atoms with Gasteiger partial charge in [0.1, 0.15) is 4.90 Å². The molecule has 5 nitrogen and oxygen atoms in total. The number of benzene rings is 1. The lowest BCUT2D eigenvalue weighted by Crippen LogP contribution is -2.42. The summed E-state index contributed by atoms with van der Waals surface area (Å²) in [6.07, 6.45) is 1.21. The minimum atomic E-state index is -3.56. The van der Waals surface area contributed by atoms with Gasteiger partial charge in [0.25, 0.3) is 10.0 Å². The van der Waals surface area contributed by atoms with Crippen molar-refractivity contribution in [2.75, 3.05) is 13.1 Å². The van der Waals surface area contributed by atoms with Crippen molar-refractivity contribution in [2.45, 2.75) is 23.8 Å². The lowest BCUT2D eigenvalue weighted by atomic mass is 10.1. The number of aliphatic hydroxyl groups is 1. The maximum absolute atomic E-state index is 11.9. The Morgan fingerprint density at radius 3 is 2.89 bits per heavy atom. The molecule has 1 atom stereocenters. The molecule has 2 aliphatic heterocycles. The molecule has 1 fully saturated rings. The standard InChI is InChI=1S/C12H14N2O3S/c15-9-4-3-7-14(8-9)12-10-5-1-2-6-11(10)18(16,17)13-12/h1-2,5-6,9,15H,3-4,7-8H2. The van der Waals surface area contributed by atoms with E-state index in [1.807, 2.05) is 4.90 Å². The molecule has 0 bridgehead atoms. The minimum Gasteiger partial charge on any atom is -0.391 e. The Morgan fingerprint density at radius 1 is 1.33 bits per heavy atom. The van der Waals surface area contributed by atoms with E-state index in [4.69, 9.17) is 0 Å². The Balaban J connectivity index is 2.04.